The van der Waals surface area contributed by atoms with Crippen molar-refractivity contribution in [3.8, 4) is 0 Å². The van der Waals surface area contributed by atoms with E-state index in [1.807, 2.05) is 0 Å². The Labute approximate surface area is 134 Å². The average Bonchev–Trinajstić information content (AvgIpc) is 3.00. The Morgan fingerprint density at radius 1 is 1.20 bits per heavy atom. The van der Waals surface area contributed by atoms with E-state index in [0.29, 0.717) is 26.2 Å². The van der Waals surface area contributed by atoms with Crippen LogP contribution in [0.4, 0.5) is 0 Å². The first-order chi connectivity index (χ1) is 9.58. The highest BCUT2D eigenvalue weighted by molar-refractivity contribution is 7.20. The minimum absolute atomic E-state index is 0.0977. The Morgan fingerprint density at radius 3 is 2.40 bits per heavy atom. The molecule has 0 aromatic carbocycles. The fraction of sp³-hybridized carbons (Fsp3) is 0.667. The van der Waals surface area contributed by atoms with Gasteiger partial charge in [0.1, 0.15) is 4.34 Å². The van der Waals surface area contributed by atoms with E-state index in [1.165, 1.54) is 49.9 Å². The molecule has 3 rings (SSSR count). The second-order valence-electron chi connectivity index (χ2n) is 6.14. The molecular formula is C15H19Cl2NOS. The van der Waals surface area contributed by atoms with Crippen molar-refractivity contribution in [3.05, 3.63) is 20.3 Å². The minimum Gasteiger partial charge on any atom is -0.296 e. The van der Waals surface area contributed by atoms with Crippen LogP contribution in [-0.2, 0) is 0 Å². The zero-order chi connectivity index (χ0) is 14.2. The number of thiophene rings is 1. The van der Waals surface area contributed by atoms with E-state index in [2.05, 4.69) is 4.90 Å². The molecule has 0 bridgehead atoms. The molecule has 1 aromatic heterocycles. The third-order valence-corrected chi connectivity index (χ3v) is 6.39. The number of carbonyl (C=O) groups excluding carboxylic acids is 1. The molecule has 2 nitrogen and oxygen atoms in total. The molecule has 110 valence electrons. The number of ketones is 1. The fourth-order valence-electron chi connectivity index (χ4n) is 3.63. The first kappa shape index (κ1) is 14.8. The van der Waals surface area contributed by atoms with Gasteiger partial charge in [-0.1, -0.05) is 36.0 Å². The predicted molar refractivity (Wildman–Crippen MR) is 85.2 cm³/mol. The van der Waals surface area contributed by atoms with Crippen molar-refractivity contribution in [1.82, 2.24) is 4.90 Å². The molecule has 0 unspecified atom stereocenters. The van der Waals surface area contributed by atoms with Gasteiger partial charge in [0.05, 0.1) is 16.4 Å². The van der Waals surface area contributed by atoms with E-state index in [-0.39, 0.29) is 5.78 Å². The normalized spacial score (nSPS) is 22.5. The molecule has 2 heterocycles. The second-order valence-corrected chi connectivity index (χ2v) is 8.43. The SMILES string of the molecule is O=C(CN1CCC2(CCCC2)CC1)c1cc(Cl)sc1Cl. The van der Waals surface area contributed by atoms with Crippen LogP contribution in [0.1, 0.15) is 48.9 Å². The van der Waals surface area contributed by atoms with Crippen molar-refractivity contribution in [1.29, 1.82) is 0 Å². The van der Waals surface area contributed by atoms with Crippen LogP contribution >= 0.6 is 34.5 Å². The standard InChI is InChI=1S/C15H19Cl2NOS/c16-13-9-11(14(17)20-13)12(19)10-18-7-5-15(6-8-18)3-1-2-4-15/h9H,1-8,10H2. The summed E-state index contributed by atoms with van der Waals surface area (Å²) >= 11 is 13.2. The number of likely N-dealkylation sites (tertiary alicyclic amines) is 1. The van der Waals surface area contributed by atoms with Crippen molar-refractivity contribution in [2.24, 2.45) is 5.41 Å². The van der Waals surface area contributed by atoms with Gasteiger partial charge >= 0.3 is 0 Å². The number of hydrogen-bond donors (Lipinski definition) is 0. The molecule has 0 N–H and O–H groups in total. The highest BCUT2D eigenvalue weighted by Crippen LogP contribution is 2.46. The van der Waals surface area contributed by atoms with Gasteiger partial charge < -0.3 is 0 Å². The van der Waals surface area contributed by atoms with Crippen LogP contribution in [0, 0.1) is 5.41 Å². The summed E-state index contributed by atoms with van der Waals surface area (Å²) in [6, 6.07) is 1.69. The summed E-state index contributed by atoms with van der Waals surface area (Å²) < 4.78 is 1.10. The fourth-order valence-corrected chi connectivity index (χ4v) is 5.13. The van der Waals surface area contributed by atoms with E-state index < -0.39 is 0 Å². The lowest BCUT2D eigenvalue weighted by Gasteiger charge is -2.39. The lowest BCUT2D eigenvalue weighted by atomic mass is 9.77. The Kier molecular flexibility index (Phi) is 4.42. The molecule has 20 heavy (non-hydrogen) atoms. The monoisotopic (exact) mass is 331 g/mol. The van der Waals surface area contributed by atoms with Gasteiger partial charge in [0, 0.05) is 0 Å². The van der Waals surface area contributed by atoms with Gasteiger partial charge in [0.15, 0.2) is 5.78 Å². The van der Waals surface area contributed by atoms with Crippen LogP contribution in [0.5, 0.6) is 0 Å². The van der Waals surface area contributed by atoms with E-state index in [9.17, 15) is 4.79 Å². The van der Waals surface area contributed by atoms with E-state index in [1.54, 1.807) is 6.07 Å². The topological polar surface area (TPSA) is 20.3 Å². The summed E-state index contributed by atoms with van der Waals surface area (Å²) in [6.45, 7) is 2.56. The molecule has 1 aliphatic carbocycles. The molecule has 1 saturated heterocycles. The molecule has 0 amide bonds. The van der Waals surface area contributed by atoms with Gasteiger partial charge in [0.2, 0.25) is 0 Å². The van der Waals surface area contributed by atoms with Crippen LogP contribution in [0.3, 0.4) is 0 Å². The van der Waals surface area contributed by atoms with Crippen molar-refractivity contribution in [3.63, 3.8) is 0 Å². The molecule has 1 saturated carbocycles. The van der Waals surface area contributed by atoms with Crippen LogP contribution in [0.2, 0.25) is 8.67 Å². The third-order valence-electron chi connectivity index (χ3n) is 4.91. The van der Waals surface area contributed by atoms with E-state index >= 15 is 0 Å². The number of halogens is 2. The van der Waals surface area contributed by atoms with Gasteiger partial charge in [0.25, 0.3) is 0 Å². The van der Waals surface area contributed by atoms with Gasteiger partial charge in [-0.3, -0.25) is 9.69 Å². The molecular weight excluding hydrogens is 313 g/mol. The number of Topliss-reactive ketones (excluding diaryl/α,β-unsaturated/α-hetero) is 1. The van der Waals surface area contributed by atoms with Crippen LogP contribution in [-0.4, -0.2) is 30.3 Å². The maximum absolute atomic E-state index is 12.3. The summed E-state index contributed by atoms with van der Waals surface area (Å²) in [5.74, 6) is 0.0977. The zero-order valence-corrected chi connectivity index (χ0v) is 13.8. The smallest absolute Gasteiger partial charge is 0.179 e. The van der Waals surface area contributed by atoms with Crippen molar-refractivity contribution < 1.29 is 4.79 Å². The van der Waals surface area contributed by atoms with Gasteiger partial charge in [-0.25, -0.2) is 0 Å². The third kappa shape index (κ3) is 3.06. The number of piperidine rings is 1. The quantitative estimate of drug-likeness (QED) is 0.734. The molecule has 1 spiro atoms. The summed E-state index contributed by atoms with van der Waals surface area (Å²) in [5.41, 5.74) is 1.19. The molecule has 1 aromatic rings. The highest BCUT2D eigenvalue weighted by atomic mass is 35.5. The summed E-state index contributed by atoms with van der Waals surface area (Å²) in [6.07, 6.45) is 8.06. The lowest BCUT2D eigenvalue weighted by Crippen LogP contribution is -2.41. The van der Waals surface area contributed by atoms with Crippen LogP contribution < -0.4 is 0 Å². The van der Waals surface area contributed by atoms with Crippen LogP contribution in [0.15, 0.2) is 6.07 Å². The average molecular weight is 332 g/mol. The number of nitrogens with zero attached hydrogens (tertiary/aromatic N) is 1. The van der Waals surface area contributed by atoms with Crippen molar-refractivity contribution >= 4 is 40.3 Å². The number of hydrogen-bond acceptors (Lipinski definition) is 3. The highest BCUT2D eigenvalue weighted by Gasteiger charge is 2.37. The van der Waals surface area contributed by atoms with Gasteiger partial charge in [-0.05, 0) is 50.3 Å². The molecule has 0 atom stereocenters. The Bertz CT molecular complexity index is 498. The van der Waals surface area contributed by atoms with Crippen molar-refractivity contribution in [2.75, 3.05) is 19.6 Å². The molecule has 5 heteroatoms. The summed E-state index contributed by atoms with van der Waals surface area (Å²) in [5, 5.41) is 0. The maximum Gasteiger partial charge on any atom is 0.179 e. The summed E-state index contributed by atoms with van der Waals surface area (Å²) in [4.78, 5) is 14.6. The zero-order valence-electron chi connectivity index (χ0n) is 11.5. The summed E-state index contributed by atoms with van der Waals surface area (Å²) in [7, 11) is 0. The maximum atomic E-state index is 12.3. The van der Waals surface area contributed by atoms with Crippen LogP contribution in [0.25, 0.3) is 0 Å². The van der Waals surface area contributed by atoms with E-state index in [4.69, 9.17) is 23.2 Å². The number of carbonyl (C=O) groups is 1. The second kappa shape index (κ2) is 5.96. The van der Waals surface area contributed by atoms with Crippen molar-refractivity contribution in [2.45, 2.75) is 38.5 Å². The Hall–Kier alpha value is -0.0900. The first-order valence-corrected chi connectivity index (χ1v) is 8.86. The van der Waals surface area contributed by atoms with E-state index in [0.717, 1.165) is 13.1 Å². The molecule has 2 aliphatic rings. The van der Waals surface area contributed by atoms with Gasteiger partial charge in [-0.2, -0.15) is 0 Å². The Balaban J connectivity index is 1.57. The molecule has 2 fully saturated rings. The first-order valence-electron chi connectivity index (χ1n) is 7.28. The molecule has 0 radical (unpaired) electrons. The molecule has 1 aliphatic heterocycles. The Morgan fingerprint density at radius 2 is 1.85 bits per heavy atom. The number of rotatable bonds is 3. The lowest BCUT2D eigenvalue weighted by molar-refractivity contribution is 0.0798. The predicted octanol–water partition coefficient (Wildman–Crippen LogP) is 4.89. The minimum atomic E-state index is 0.0977. The van der Waals surface area contributed by atoms with Gasteiger partial charge in [-0.15, -0.1) is 11.3 Å². The largest absolute Gasteiger partial charge is 0.296 e.